The maximum Gasteiger partial charge on any atom is 0.472 e. The Bertz CT molecular complexity index is 947. The van der Waals surface area contributed by atoms with Crippen LogP contribution in [-0.4, -0.2) is 59.9 Å². The molecule has 0 heterocycles. The molecule has 3 atom stereocenters. The van der Waals surface area contributed by atoms with Crippen molar-refractivity contribution in [2.45, 2.75) is 206 Å². The molecule has 0 fully saturated rings. The monoisotopic (exact) mass is 762 g/mol. The number of phosphoric acid groups is 1. The van der Waals surface area contributed by atoms with Crippen molar-refractivity contribution in [3.05, 3.63) is 12.2 Å². The zero-order valence-corrected chi connectivity index (χ0v) is 33.8. The highest BCUT2D eigenvalue weighted by atomic mass is 31.2. The molecule has 0 aromatic rings. The summed E-state index contributed by atoms with van der Waals surface area (Å²) < 4.78 is 32.6. The number of carboxylic acids is 1. The zero-order chi connectivity index (χ0) is 38.5. The van der Waals surface area contributed by atoms with Crippen molar-refractivity contribution in [1.82, 2.24) is 0 Å². The maximum atomic E-state index is 12.6. The highest BCUT2D eigenvalue weighted by molar-refractivity contribution is 7.47. The molecular formula is C40H76NO10P. The second kappa shape index (κ2) is 36.2. The predicted octanol–water partition coefficient (Wildman–Crippen LogP) is 10.5. The van der Waals surface area contributed by atoms with E-state index in [9.17, 15) is 23.8 Å². The van der Waals surface area contributed by atoms with E-state index in [2.05, 4.69) is 30.5 Å². The number of carbonyl (C=O) groups excluding carboxylic acids is 2. The third-order valence-corrected chi connectivity index (χ3v) is 9.96. The Labute approximate surface area is 316 Å². The van der Waals surface area contributed by atoms with Crippen LogP contribution in [-0.2, 0) is 37.5 Å². The first-order chi connectivity index (χ1) is 25.1. The van der Waals surface area contributed by atoms with Gasteiger partial charge in [-0.3, -0.25) is 23.4 Å². The molecule has 12 heteroatoms. The molecule has 0 rings (SSSR count). The first kappa shape index (κ1) is 50.2. The van der Waals surface area contributed by atoms with Crippen LogP contribution in [0, 0.1) is 0 Å². The minimum absolute atomic E-state index is 0.165. The van der Waals surface area contributed by atoms with Gasteiger partial charge in [-0.1, -0.05) is 161 Å². The third-order valence-electron chi connectivity index (χ3n) is 9.01. The van der Waals surface area contributed by atoms with E-state index in [1.54, 1.807) is 0 Å². The van der Waals surface area contributed by atoms with E-state index in [0.29, 0.717) is 12.8 Å². The molecule has 306 valence electrons. The van der Waals surface area contributed by atoms with Crippen LogP contribution in [0.4, 0.5) is 0 Å². The van der Waals surface area contributed by atoms with Gasteiger partial charge in [0.25, 0.3) is 0 Å². The molecule has 0 saturated heterocycles. The van der Waals surface area contributed by atoms with Crippen molar-refractivity contribution < 1.29 is 47.5 Å². The molecule has 0 aliphatic heterocycles. The zero-order valence-electron chi connectivity index (χ0n) is 32.9. The molecule has 0 saturated carbocycles. The van der Waals surface area contributed by atoms with Gasteiger partial charge in [-0.2, -0.15) is 0 Å². The SMILES string of the molecule is CCCC/C=C\CCCCCCCC(=O)OC[C@H](COP(=O)(O)OC[C@H](N)C(=O)O)OC(=O)CCCCCCCCCCCCCCCCCCC. The van der Waals surface area contributed by atoms with Crippen molar-refractivity contribution in [3.63, 3.8) is 0 Å². The van der Waals surface area contributed by atoms with Crippen LogP contribution in [0.1, 0.15) is 194 Å². The summed E-state index contributed by atoms with van der Waals surface area (Å²) >= 11 is 0. The Morgan fingerprint density at radius 2 is 0.981 bits per heavy atom. The van der Waals surface area contributed by atoms with Crippen LogP contribution in [0.2, 0.25) is 0 Å². The van der Waals surface area contributed by atoms with Crippen LogP contribution in [0.5, 0.6) is 0 Å². The molecule has 0 spiro atoms. The van der Waals surface area contributed by atoms with Crippen LogP contribution in [0.15, 0.2) is 12.2 Å². The van der Waals surface area contributed by atoms with E-state index in [1.807, 2.05) is 0 Å². The summed E-state index contributed by atoms with van der Waals surface area (Å²) in [4.78, 5) is 45.8. The average Bonchev–Trinajstić information content (AvgIpc) is 3.12. The topological polar surface area (TPSA) is 172 Å². The molecule has 0 amide bonds. The molecule has 0 aliphatic carbocycles. The smallest absolute Gasteiger partial charge is 0.472 e. The quantitative estimate of drug-likeness (QED) is 0.0235. The number of esters is 2. The van der Waals surface area contributed by atoms with Gasteiger partial charge >= 0.3 is 25.7 Å². The fourth-order valence-electron chi connectivity index (χ4n) is 5.69. The number of unbranched alkanes of at least 4 members (excludes halogenated alkanes) is 23. The number of phosphoric ester groups is 1. The van der Waals surface area contributed by atoms with Gasteiger partial charge in [0.2, 0.25) is 0 Å². The van der Waals surface area contributed by atoms with Crippen LogP contribution in [0.25, 0.3) is 0 Å². The molecule has 0 aromatic carbocycles. The van der Waals surface area contributed by atoms with Crippen molar-refractivity contribution in [1.29, 1.82) is 0 Å². The largest absolute Gasteiger partial charge is 0.480 e. The third kappa shape index (κ3) is 35.3. The van der Waals surface area contributed by atoms with Gasteiger partial charge in [0, 0.05) is 12.8 Å². The van der Waals surface area contributed by atoms with Crippen molar-refractivity contribution in [3.8, 4) is 0 Å². The van der Waals surface area contributed by atoms with Gasteiger partial charge in [0.1, 0.15) is 12.6 Å². The summed E-state index contributed by atoms with van der Waals surface area (Å²) in [5, 5.41) is 8.87. The molecular weight excluding hydrogens is 685 g/mol. The van der Waals surface area contributed by atoms with Crippen molar-refractivity contribution in [2.75, 3.05) is 19.8 Å². The summed E-state index contributed by atoms with van der Waals surface area (Å²) in [6, 6.07) is -1.52. The van der Waals surface area contributed by atoms with E-state index in [0.717, 1.165) is 57.8 Å². The van der Waals surface area contributed by atoms with E-state index < -0.39 is 51.1 Å². The van der Waals surface area contributed by atoms with Gasteiger partial charge in [0.05, 0.1) is 13.2 Å². The normalized spacial score (nSPS) is 13.9. The number of allylic oxidation sites excluding steroid dienone is 2. The van der Waals surface area contributed by atoms with E-state index in [-0.39, 0.29) is 19.4 Å². The molecule has 11 nitrogen and oxygen atoms in total. The first-order valence-electron chi connectivity index (χ1n) is 20.7. The Hall–Kier alpha value is -1.78. The predicted molar refractivity (Wildman–Crippen MR) is 208 cm³/mol. The molecule has 4 N–H and O–H groups in total. The number of aliphatic carboxylic acids is 1. The van der Waals surface area contributed by atoms with Crippen molar-refractivity contribution in [2.24, 2.45) is 5.73 Å². The van der Waals surface area contributed by atoms with Gasteiger partial charge in [-0.05, 0) is 32.1 Å². The summed E-state index contributed by atoms with van der Waals surface area (Å²) in [6.07, 6.45) is 34.2. The number of hydrogen-bond acceptors (Lipinski definition) is 9. The Morgan fingerprint density at radius 1 is 0.577 bits per heavy atom. The molecule has 0 aliphatic rings. The Morgan fingerprint density at radius 3 is 1.46 bits per heavy atom. The van der Waals surface area contributed by atoms with Gasteiger partial charge in [-0.15, -0.1) is 0 Å². The number of carboxylic acid groups (broad SMARTS) is 1. The van der Waals surface area contributed by atoms with Crippen molar-refractivity contribution >= 4 is 25.7 Å². The highest BCUT2D eigenvalue weighted by Gasteiger charge is 2.28. The van der Waals surface area contributed by atoms with Crippen LogP contribution in [0.3, 0.4) is 0 Å². The van der Waals surface area contributed by atoms with Gasteiger partial charge in [-0.25, -0.2) is 4.57 Å². The average molecular weight is 762 g/mol. The van der Waals surface area contributed by atoms with E-state index in [1.165, 1.54) is 96.3 Å². The standard InChI is InChI=1S/C40H76NO10P/c1-3-5-7-9-11-13-15-16-17-18-19-20-22-24-26-28-30-32-39(43)51-36(34-49-52(46,47)50-35-37(41)40(44)45)33-48-38(42)31-29-27-25-23-21-14-12-10-8-6-4-2/h10,12,36-37H,3-9,11,13-35,41H2,1-2H3,(H,44,45)(H,46,47)/b12-10-/t36-,37+/m1/s1. The Kier molecular flexibility index (Phi) is 35.0. The van der Waals surface area contributed by atoms with Gasteiger partial charge in [0.15, 0.2) is 6.10 Å². The number of ether oxygens (including phenoxy) is 2. The van der Waals surface area contributed by atoms with Crippen LogP contribution < -0.4 is 5.73 Å². The second-order valence-corrected chi connectivity index (χ2v) is 15.6. The molecule has 1 unspecified atom stereocenters. The minimum Gasteiger partial charge on any atom is -0.480 e. The molecule has 0 bridgehead atoms. The number of hydrogen-bond donors (Lipinski definition) is 3. The maximum absolute atomic E-state index is 12.6. The summed E-state index contributed by atoms with van der Waals surface area (Å²) in [5.74, 6) is -2.38. The second-order valence-electron chi connectivity index (χ2n) is 14.1. The minimum atomic E-state index is -4.71. The molecule has 0 aromatic heterocycles. The summed E-state index contributed by atoms with van der Waals surface area (Å²) in [5.41, 5.74) is 5.32. The van der Waals surface area contributed by atoms with E-state index in [4.69, 9.17) is 24.8 Å². The molecule has 0 radical (unpaired) electrons. The number of rotatable bonds is 39. The fraction of sp³-hybridized carbons (Fsp3) is 0.875. The summed E-state index contributed by atoms with van der Waals surface area (Å²) in [7, 11) is -4.71. The van der Waals surface area contributed by atoms with Crippen LogP contribution >= 0.6 is 7.82 Å². The number of carbonyl (C=O) groups is 3. The van der Waals surface area contributed by atoms with Gasteiger partial charge < -0.3 is 25.2 Å². The van der Waals surface area contributed by atoms with E-state index >= 15 is 0 Å². The first-order valence-corrected chi connectivity index (χ1v) is 22.2. The molecule has 52 heavy (non-hydrogen) atoms. The lowest BCUT2D eigenvalue weighted by Gasteiger charge is -2.20. The fourth-order valence-corrected chi connectivity index (χ4v) is 6.47. The number of nitrogens with two attached hydrogens (primary N) is 1. The summed E-state index contributed by atoms with van der Waals surface area (Å²) in [6.45, 7) is 2.76. The lowest BCUT2D eigenvalue weighted by atomic mass is 10.0. The highest BCUT2D eigenvalue weighted by Crippen LogP contribution is 2.43. The lowest BCUT2D eigenvalue weighted by Crippen LogP contribution is -2.34. The Balaban J connectivity index is 4.34. The lowest BCUT2D eigenvalue weighted by molar-refractivity contribution is -0.161.